The standard InChI is InChI=1S/C13H17F2NO2/c1-18-9-5-10(14)12(11(15)6-9)13(17)8-3-2-4-16-7-8/h5-6,8,13,16-17H,2-4,7H2,1H3. The zero-order chi connectivity index (χ0) is 13.1. The van der Waals surface area contributed by atoms with Crippen LogP contribution in [0, 0.1) is 17.6 Å². The Bertz CT molecular complexity index is 396. The predicted molar refractivity (Wildman–Crippen MR) is 63.5 cm³/mol. The molecule has 2 rings (SSSR count). The number of rotatable bonds is 3. The monoisotopic (exact) mass is 257 g/mol. The van der Waals surface area contributed by atoms with Crippen molar-refractivity contribution in [3.05, 3.63) is 29.3 Å². The van der Waals surface area contributed by atoms with Gasteiger partial charge in [0.2, 0.25) is 0 Å². The first kappa shape index (κ1) is 13.2. The van der Waals surface area contributed by atoms with E-state index in [0.29, 0.717) is 6.54 Å². The number of methoxy groups -OCH3 is 1. The summed E-state index contributed by atoms with van der Waals surface area (Å²) in [5.41, 5.74) is -0.260. The van der Waals surface area contributed by atoms with Crippen LogP contribution in [0.3, 0.4) is 0 Å². The molecule has 3 nitrogen and oxygen atoms in total. The summed E-state index contributed by atoms with van der Waals surface area (Å²) in [6, 6.07) is 2.19. The van der Waals surface area contributed by atoms with Gasteiger partial charge in [-0.05, 0) is 19.4 Å². The Balaban J connectivity index is 2.26. The van der Waals surface area contributed by atoms with E-state index in [1.165, 1.54) is 7.11 Å². The molecule has 0 amide bonds. The van der Waals surface area contributed by atoms with Crippen molar-refractivity contribution in [2.75, 3.05) is 20.2 Å². The summed E-state index contributed by atoms with van der Waals surface area (Å²) < 4.78 is 32.4. The molecule has 1 aliphatic rings. The van der Waals surface area contributed by atoms with Crippen LogP contribution in [0.2, 0.25) is 0 Å². The van der Waals surface area contributed by atoms with Crippen LogP contribution in [-0.2, 0) is 0 Å². The Morgan fingerprint density at radius 2 is 2.06 bits per heavy atom. The summed E-state index contributed by atoms with van der Waals surface area (Å²) in [4.78, 5) is 0. The number of nitrogens with one attached hydrogen (secondary N) is 1. The van der Waals surface area contributed by atoms with Crippen molar-refractivity contribution in [1.29, 1.82) is 0 Å². The van der Waals surface area contributed by atoms with E-state index in [-0.39, 0.29) is 17.2 Å². The molecule has 1 saturated heterocycles. The largest absolute Gasteiger partial charge is 0.497 e. The quantitative estimate of drug-likeness (QED) is 0.870. The van der Waals surface area contributed by atoms with E-state index in [9.17, 15) is 13.9 Å². The van der Waals surface area contributed by atoms with Gasteiger partial charge < -0.3 is 15.2 Å². The lowest BCUT2D eigenvalue weighted by Crippen LogP contribution is -2.33. The lowest BCUT2D eigenvalue weighted by molar-refractivity contribution is 0.0851. The molecule has 0 radical (unpaired) electrons. The van der Waals surface area contributed by atoms with Gasteiger partial charge in [0.05, 0.1) is 18.8 Å². The minimum Gasteiger partial charge on any atom is -0.497 e. The minimum absolute atomic E-state index is 0.114. The summed E-state index contributed by atoms with van der Waals surface area (Å²) in [6.45, 7) is 1.46. The van der Waals surface area contributed by atoms with Crippen LogP contribution in [0.1, 0.15) is 24.5 Å². The SMILES string of the molecule is COc1cc(F)c(C(O)C2CCCNC2)c(F)c1. The molecule has 0 bridgehead atoms. The van der Waals surface area contributed by atoms with E-state index in [0.717, 1.165) is 31.5 Å². The zero-order valence-electron chi connectivity index (χ0n) is 10.2. The fourth-order valence-electron chi connectivity index (χ4n) is 2.35. The van der Waals surface area contributed by atoms with Crippen molar-refractivity contribution in [2.24, 2.45) is 5.92 Å². The number of ether oxygens (including phenoxy) is 1. The molecule has 1 aromatic carbocycles. The normalized spacial score (nSPS) is 21.7. The number of hydrogen-bond donors (Lipinski definition) is 2. The zero-order valence-corrected chi connectivity index (χ0v) is 10.2. The molecular weight excluding hydrogens is 240 g/mol. The highest BCUT2D eigenvalue weighted by Crippen LogP contribution is 2.32. The number of aliphatic hydroxyl groups is 1. The first-order chi connectivity index (χ1) is 8.63. The summed E-state index contributed by atoms with van der Waals surface area (Å²) in [7, 11) is 1.34. The smallest absolute Gasteiger partial charge is 0.135 e. The van der Waals surface area contributed by atoms with Crippen LogP contribution in [0.15, 0.2) is 12.1 Å². The second-order valence-corrected chi connectivity index (χ2v) is 4.56. The lowest BCUT2D eigenvalue weighted by Gasteiger charge is -2.28. The fourth-order valence-corrected chi connectivity index (χ4v) is 2.35. The molecule has 2 N–H and O–H groups in total. The maximum absolute atomic E-state index is 13.8. The highest BCUT2D eigenvalue weighted by Gasteiger charge is 2.28. The van der Waals surface area contributed by atoms with Gasteiger partial charge in [0.25, 0.3) is 0 Å². The molecule has 18 heavy (non-hydrogen) atoms. The van der Waals surface area contributed by atoms with E-state index in [2.05, 4.69) is 5.32 Å². The van der Waals surface area contributed by atoms with Gasteiger partial charge in [0.15, 0.2) is 0 Å². The molecule has 1 aromatic rings. The van der Waals surface area contributed by atoms with Crippen LogP contribution in [0.25, 0.3) is 0 Å². The van der Waals surface area contributed by atoms with Crippen molar-refractivity contribution in [3.63, 3.8) is 0 Å². The topological polar surface area (TPSA) is 41.5 Å². The van der Waals surface area contributed by atoms with Crippen molar-refractivity contribution in [3.8, 4) is 5.75 Å². The molecule has 0 saturated carbocycles. The summed E-state index contributed by atoms with van der Waals surface area (Å²) >= 11 is 0. The van der Waals surface area contributed by atoms with Crippen molar-refractivity contribution >= 4 is 0 Å². The first-order valence-electron chi connectivity index (χ1n) is 6.05. The molecule has 100 valence electrons. The van der Waals surface area contributed by atoms with Crippen molar-refractivity contribution in [1.82, 2.24) is 5.32 Å². The molecular formula is C13H17F2NO2. The van der Waals surface area contributed by atoms with Crippen LogP contribution >= 0.6 is 0 Å². The Labute approximate surface area is 105 Å². The number of aliphatic hydroxyl groups excluding tert-OH is 1. The molecule has 2 unspecified atom stereocenters. The Morgan fingerprint density at radius 3 is 2.56 bits per heavy atom. The Hall–Kier alpha value is -1.20. The third-order valence-corrected chi connectivity index (χ3v) is 3.37. The van der Waals surface area contributed by atoms with Crippen LogP contribution in [0.4, 0.5) is 8.78 Å². The highest BCUT2D eigenvalue weighted by molar-refractivity contribution is 5.32. The average molecular weight is 257 g/mol. The molecule has 2 atom stereocenters. The van der Waals surface area contributed by atoms with Gasteiger partial charge in [-0.2, -0.15) is 0 Å². The van der Waals surface area contributed by atoms with Gasteiger partial charge in [-0.15, -0.1) is 0 Å². The summed E-state index contributed by atoms with van der Waals surface area (Å²) in [5, 5.41) is 13.2. The molecule has 1 heterocycles. The third-order valence-electron chi connectivity index (χ3n) is 3.37. The number of hydrogen-bond acceptors (Lipinski definition) is 3. The molecule has 0 aromatic heterocycles. The lowest BCUT2D eigenvalue weighted by atomic mass is 9.89. The molecule has 0 spiro atoms. The molecule has 1 aliphatic heterocycles. The molecule has 1 fully saturated rings. The van der Waals surface area contributed by atoms with Gasteiger partial charge in [-0.25, -0.2) is 8.78 Å². The average Bonchev–Trinajstić information content (AvgIpc) is 2.38. The molecule has 0 aliphatic carbocycles. The Kier molecular flexibility index (Phi) is 4.14. The van der Waals surface area contributed by atoms with E-state index < -0.39 is 17.7 Å². The van der Waals surface area contributed by atoms with E-state index in [1.54, 1.807) is 0 Å². The van der Waals surface area contributed by atoms with Gasteiger partial charge in [0, 0.05) is 24.6 Å². The van der Waals surface area contributed by atoms with Crippen LogP contribution in [-0.4, -0.2) is 25.3 Å². The van der Waals surface area contributed by atoms with Crippen molar-refractivity contribution in [2.45, 2.75) is 18.9 Å². The fraction of sp³-hybridized carbons (Fsp3) is 0.538. The van der Waals surface area contributed by atoms with Crippen molar-refractivity contribution < 1.29 is 18.6 Å². The van der Waals surface area contributed by atoms with Gasteiger partial charge in [-0.1, -0.05) is 0 Å². The highest BCUT2D eigenvalue weighted by atomic mass is 19.1. The first-order valence-corrected chi connectivity index (χ1v) is 6.05. The number of benzene rings is 1. The number of halogens is 2. The van der Waals surface area contributed by atoms with E-state index in [4.69, 9.17) is 4.74 Å². The van der Waals surface area contributed by atoms with Gasteiger partial charge in [0.1, 0.15) is 17.4 Å². The van der Waals surface area contributed by atoms with Gasteiger partial charge in [-0.3, -0.25) is 0 Å². The second kappa shape index (κ2) is 5.63. The minimum atomic E-state index is -1.12. The van der Waals surface area contributed by atoms with Crippen LogP contribution in [0.5, 0.6) is 5.75 Å². The Morgan fingerprint density at radius 1 is 1.39 bits per heavy atom. The molecule has 5 heteroatoms. The van der Waals surface area contributed by atoms with E-state index >= 15 is 0 Å². The summed E-state index contributed by atoms with van der Waals surface area (Å²) in [5.74, 6) is -1.56. The van der Waals surface area contributed by atoms with Gasteiger partial charge >= 0.3 is 0 Å². The predicted octanol–water partition coefficient (Wildman–Crippen LogP) is 2.01. The third kappa shape index (κ3) is 2.62. The second-order valence-electron chi connectivity index (χ2n) is 4.56. The number of piperidine rings is 1. The maximum Gasteiger partial charge on any atom is 0.135 e. The van der Waals surface area contributed by atoms with E-state index in [1.807, 2.05) is 0 Å². The maximum atomic E-state index is 13.8. The van der Waals surface area contributed by atoms with Crippen LogP contribution < -0.4 is 10.1 Å². The summed E-state index contributed by atoms with van der Waals surface area (Å²) in [6.07, 6.45) is 0.545.